The zero-order chi connectivity index (χ0) is 12.5. The number of rotatable bonds is 3. The number of para-hydroxylation sites is 2. The highest BCUT2D eigenvalue weighted by molar-refractivity contribution is 5.59. The largest absolute Gasteiger partial charge is 0.272 e. The van der Waals surface area contributed by atoms with Crippen molar-refractivity contribution in [2.45, 2.75) is 0 Å². The third kappa shape index (κ3) is 3.30. The molecule has 0 unspecified atom stereocenters. The van der Waals surface area contributed by atoms with Crippen molar-refractivity contribution >= 4 is 11.4 Å². The van der Waals surface area contributed by atoms with E-state index in [0.717, 1.165) is 11.4 Å². The van der Waals surface area contributed by atoms with Crippen LogP contribution in [-0.2, 0) is 4.84 Å². The Morgan fingerprint density at radius 3 is 1.41 bits per heavy atom. The molecule has 0 saturated carbocycles. The van der Waals surface area contributed by atoms with E-state index < -0.39 is 0 Å². The van der Waals surface area contributed by atoms with Crippen molar-refractivity contribution in [2.24, 2.45) is 0 Å². The van der Waals surface area contributed by atoms with E-state index >= 15 is 0 Å². The van der Waals surface area contributed by atoms with Crippen LogP contribution in [0.2, 0.25) is 0 Å². The van der Waals surface area contributed by atoms with Crippen molar-refractivity contribution in [1.82, 2.24) is 0 Å². The Hall–Kier alpha value is -2.38. The summed E-state index contributed by atoms with van der Waals surface area (Å²) in [7, 11) is 1.67. The SMILES string of the molecule is CON(c1ccccc1)c1ccccc1.N#N. The lowest BCUT2D eigenvalue weighted by Crippen LogP contribution is -2.14. The molecule has 0 bridgehead atoms. The molecule has 0 aliphatic rings. The molecule has 0 fully saturated rings. The molecule has 0 N–H and O–H groups in total. The number of hydrogen-bond donors (Lipinski definition) is 0. The van der Waals surface area contributed by atoms with Crippen LogP contribution < -0.4 is 5.06 Å². The van der Waals surface area contributed by atoms with E-state index in [1.54, 1.807) is 12.2 Å². The van der Waals surface area contributed by atoms with Crippen LogP contribution in [0, 0.1) is 10.8 Å². The van der Waals surface area contributed by atoms with E-state index in [4.69, 9.17) is 15.6 Å². The molecule has 4 nitrogen and oxygen atoms in total. The topological polar surface area (TPSA) is 60.0 Å². The average molecular weight is 227 g/mol. The molecule has 2 aromatic rings. The van der Waals surface area contributed by atoms with Gasteiger partial charge in [0.2, 0.25) is 0 Å². The standard InChI is InChI=1S/C13H13NO.N2/c1-15-14(12-8-4-2-5-9-12)13-10-6-3-7-11-13;1-2/h2-11H,1H3;. The molecule has 2 aromatic carbocycles. The van der Waals surface area contributed by atoms with Gasteiger partial charge < -0.3 is 0 Å². The van der Waals surface area contributed by atoms with Crippen LogP contribution >= 0.6 is 0 Å². The first kappa shape index (κ1) is 12.7. The fourth-order valence-corrected chi connectivity index (χ4v) is 1.49. The maximum absolute atomic E-state index is 6.00. The number of benzene rings is 2. The van der Waals surface area contributed by atoms with E-state index in [1.165, 1.54) is 0 Å². The minimum absolute atomic E-state index is 1.02. The Bertz CT molecular complexity index is 402. The van der Waals surface area contributed by atoms with Crippen molar-refractivity contribution in [2.75, 3.05) is 12.2 Å². The third-order valence-corrected chi connectivity index (χ3v) is 2.16. The maximum Gasteiger partial charge on any atom is 0.0695 e. The predicted octanol–water partition coefficient (Wildman–Crippen LogP) is 3.42. The molecule has 0 radical (unpaired) electrons. The first-order valence-corrected chi connectivity index (χ1v) is 5.06. The van der Waals surface area contributed by atoms with Crippen LogP contribution in [0.25, 0.3) is 0 Å². The molecule has 17 heavy (non-hydrogen) atoms. The molecular weight excluding hydrogens is 214 g/mol. The van der Waals surface area contributed by atoms with E-state index in [2.05, 4.69) is 0 Å². The van der Waals surface area contributed by atoms with Crippen LogP contribution in [0.15, 0.2) is 60.7 Å². The third-order valence-electron chi connectivity index (χ3n) is 2.16. The van der Waals surface area contributed by atoms with Gasteiger partial charge in [-0.15, -0.1) is 0 Å². The van der Waals surface area contributed by atoms with Crippen molar-refractivity contribution in [1.29, 1.82) is 10.8 Å². The van der Waals surface area contributed by atoms with Crippen LogP contribution in [0.1, 0.15) is 0 Å². The van der Waals surface area contributed by atoms with Gasteiger partial charge >= 0.3 is 0 Å². The maximum atomic E-state index is 6.00. The van der Waals surface area contributed by atoms with E-state index in [9.17, 15) is 0 Å². The Labute approximate surface area is 100 Å². The molecule has 4 heteroatoms. The van der Waals surface area contributed by atoms with Crippen LogP contribution in [-0.4, -0.2) is 7.11 Å². The normalized spacial score (nSPS) is 8.88. The van der Waals surface area contributed by atoms with Gasteiger partial charge in [-0.2, -0.15) is 0 Å². The fraction of sp³-hybridized carbons (Fsp3) is 0.0769. The molecule has 86 valence electrons. The first-order valence-electron chi connectivity index (χ1n) is 5.06. The predicted molar refractivity (Wildman–Crippen MR) is 65.5 cm³/mol. The summed E-state index contributed by atoms with van der Waals surface area (Å²) in [5, 5.41) is 13.8. The second kappa shape index (κ2) is 6.99. The summed E-state index contributed by atoms with van der Waals surface area (Å²) in [6, 6.07) is 20.0. The summed E-state index contributed by atoms with van der Waals surface area (Å²) in [5.41, 5.74) is 2.04. The quantitative estimate of drug-likeness (QED) is 0.595. The van der Waals surface area contributed by atoms with Crippen molar-refractivity contribution in [3.8, 4) is 0 Å². The second-order valence-electron chi connectivity index (χ2n) is 3.15. The smallest absolute Gasteiger partial charge is 0.0695 e. The molecular formula is C13H13N3O. The van der Waals surface area contributed by atoms with Crippen molar-refractivity contribution < 1.29 is 4.84 Å². The lowest BCUT2D eigenvalue weighted by molar-refractivity contribution is 0.201. The molecule has 0 saturated heterocycles. The average Bonchev–Trinajstić information content (AvgIpc) is 2.44. The summed E-state index contributed by atoms with van der Waals surface area (Å²) in [6.07, 6.45) is 0. The minimum atomic E-state index is 1.02. The van der Waals surface area contributed by atoms with Gasteiger partial charge in [-0.05, 0) is 24.3 Å². The van der Waals surface area contributed by atoms with Crippen LogP contribution in [0.3, 0.4) is 0 Å². The fourth-order valence-electron chi connectivity index (χ4n) is 1.49. The van der Waals surface area contributed by atoms with Gasteiger partial charge in [0.25, 0.3) is 0 Å². The molecule has 0 aliphatic heterocycles. The zero-order valence-corrected chi connectivity index (χ0v) is 9.52. The summed E-state index contributed by atoms with van der Waals surface area (Å²) in [6.45, 7) is 0. The summed E-state index contributed by atoms with van der Waals surface area (Å²) >= 11 is 0. The van der Waals surface area contributed by atoms with Crippen molar-refractivity contribution in [3.63, 3.8) is 0 Å². The molecule has 0 atom stereocenters. The van der Waals surface area contributed by atoms with Gasteiger partial charge in [0.1, 0.15) is 0 Å². The molecule has 0 aromatic heterocycles. The van der Waals surface area contributed by atoms with Crippen LogP contribution in [0.4, 0.5) is 11.4 Å². The molecule has 0 heterocycles. The minimum Gasteiger partial charge on any atom is -0.272 e. The number of nitrogens with zero attached hydrogens (tertiary/aromatic N) is 3. The highest BCUT2D eigenvalue weighted by atomic mass is 16.7. The van der Waals surface area contributed by atoms with Gasteiger partial charge in [-0.3, -0.25) is 4.84 Å². The zero-order valence-electron chi connectivity index (χ0n) is 9.52. The van der Waals surface area contributed by atoms with E-state index in [0.29, 0.717) is 0 Å². The highest BCUT2D eigenvalue weighted by Crippen LogP contribution is 2.24. The number of anilines is 2. The summed E-state index contributed by atoms with van der Waals surface area (Å²) in [5.74, 6) is 0. The summed E-state index contributed by atoms with van der Waals surface area (Å²) in [4.78, 5) is 5.36. The van der Waals surface area contributed by atoms with Gasteiger partial charge in [0.15, 0.2) is 0 Å². The van der Waals surface area contributed by atoms with Gasteiger partial charge in [-0.25, -0.2) is 5.06 Å². The lowest BCUT2D eigenvalue weighted by atomic mass is 10.2. The van der Waals surface area contributed by atoms with E-state index in [-0.39, 0.29) is 0 Å². The molecule has 0 amide bonds. The summed E-state index contributed by atoms with van der Waals surface area (Å²) < 4.78 is 0. The Balaban J connectivity index is 0.000000686. The Morgan fingerprint density at radius 1 is 0.765 bits per heavy atom. The van der Waals surface area contributed by atoms with Crippen molar-refractivity contribution in [3.05, 3.63) is 60.7 Å². The van der Waals surface area contributed by atoms with Gasteiger partial charge in [0.05, 0.1) is 18.5 Å². The van der Waals surface area contributed by atoms with Gasteiger partial charge in [-0.1, -0.05) is 36.4 Å². The number of hydrogen-bond acceptors (Lipinski definition) is 4. The molecule has 0 aliphatic carbocycles. The van der Waals surface area contributed by atoms with Gasteiger partial charge in [0, 0.05) is 10.8 Å². The monoisotopic (exact) mass is 227 g/mol. The first-order chi connectivity index (χ1) is 8.42. The Kier molecular flexibility index (Phi) is 5.21. The lowest BCUT2D eigenvalue weighted by Gasteiger charge is -2.21. The van der Waals surface area contributed by atoms with Crippen LogP contribution in [0.5, 0.6) is 0 Å². The highest BCUT2D eigenvalue weighted by Gasteiger charge is 2.06. The van der Waals surface area contributed by atoms with E-state index in [1.807, 2.05) is 60.7 Å². The molecule has 0 spiro atoms. The second-order valence-corrected chi connectivity index (χ2v) is 3.15. The Morgan fingerprint density at radius 2 is 1.12 bits per heavy atom. The molecule has 2 rings (SSSR count).